The topological polar surface area (TPSA) is 68.9 Å². The number of rotatable bonds is 4. The predicted molar refractivity (Wildman–Crippen MR) is 101 cm³/mol. The molecule has 1 atom stereocenters. The molecular formula is C21H21FN4O2. The highest BCUT2D eigenvalue weighted by Gasteiger charge is 2.43. The number of hydrazine groups is 1. The van der Waals surface area contributed by atoms with Crippen LogP contribution in [0.15, 0.2) is 46.4 Å². The van der Waals surface area contributed by atoms with Gasteiger partial charge in [0.15, 0.2) is 5.82 Å². The molecule has 0 spiro atoms. The number of halogens is 1. The lowest BCUT2D eigenvalue weighted by Gasteiger charge is -2.37. The molecule has 28 heavy (non-hydrogen) atoms. The molecule has 0 N–H and O–H groups in total. The lowest BCUT2D eigenvalue weighted by atomic mass is 10.0. The largest absolute Gasteiger partial charge is 0.466 e. The minimum Gasteiger partial charge on any atom is -0.466 e. The van der Waals surface area contributed by atoms with Gasteiger partial charge in [-0.1, -0.05) is 6.07 Å². The molecule has 1 aliphatic carbocycles. The summed E-state index contributed by atoms with van der Waals surface area (Å²) in [7, 11) is 1.34. The SMILES string of the molecule is COC(=O)C1=C2N=C(c3c(F)cccc3C#N)C=C(C)N2N(C(C)C2CC2)C1. The first kappa shape index (κ1) is 18.4. The number of benzene rings is 1. The summed E-state index contributed by atoms with van der Waals surface area (Å²) < 4.78 is 19.5. The molecule has 1 saturated carbocycles. The summed E-state index contributed by atoms with van der Waals surface area (Å²) in [5.74, 6) is 0.0729. The zero-order valence-electron chi connectivity index (χ0n) is 16.1. The van der Waals surface area contributed by atoms with Gasteiger partial charge in [-0.25, -0.2) is 19.2 Å². The third-order valence-electron chi connectivity index (χ3n) is 5.55. The lowest BCUT2D eigenvalue weighted by molar-refractivity contribution is -0.136. The number of ether oxygens (including phenoxy) is 1. The van der Waals surface area contributed by atoms with Crippen LogP contribution >= 0.6 is 0 Å². The Bertz CT molecular complexity index is 985. The molecule has 1 aromatic carbocycles. The van der Waals surface area contributed by atoms with Crippen LogP contribution in [0.2, 0.25) is 0 Å². The summed E-state index contributed by atoms with van der Waals surface area (Å²) >= 11 is 0. The van der Waals surface area contributed by atoms with E-state index in [1.165, 1.54) is 32.1 Å². The summed E-state index contributed by atoms with van der Waals surface area (Å²) in [5, 5.41) is 13.4. The van der Waals surface area contributed by atoms with E-state index >= 15 is 0 Å². The van der Waals surface area contributed by atoms with Gasteiger partial charge in [-0.2, -0.15) is 5.26 Å². The molecule has 1 unspecified atom stereocenters. The Morgan fingerprint density at radius 3 is 2.82 bits per heavy atom. The third kappa shape index (κ3) is 2.90. The van der Waals surface area contributed by atoms with Gasteiger partial charge < -0.3 is 4.74 Å². The molecule has 0 aromatic heterocycles. The first-order chi connectivity index (χ1) is 13.5. The van der Waals surface area contributed by atoms with Gasteiger partial charge in [0.05, 0.1) is 42.1 Å². The summed E-state index contributed by atoms with van der Waals surface area (Å²) in [4.78, 5) is 17.0. The van der Waals surface area contributed by atoms with Crippen molar-refractivity contribution < 1.29 is 13.9 Å². The van der Waals surface area contributed by atoms with Gasteiger partial charge in [-0.3, -0.25) is 5.01 Å². The molecule has 0 bridgehead atoms. The van der Waals surface area contributed by atoms with Gasteiger partial charge >= 0.3 is 5.97 Å². The molecule has 0 saturated heterocycles. The highest BCUT2D eigenvalue weighted by atomic mass is 19.1. The fourth-order valence-electron chi connectivity index (χ4n) is 3.88. The van der Waals surface area contributed by atoms with Crippen LogP contribution in [0.5, 0.6) is 0 Å². The minimum atomic E-state index is -0.517. The zero-order valence-corrected chi connectivity index (χ0v) is 16.1. The Morgan fingerprint density at radius 1 is 1.43 bits per heavy atom. The number of fused-ring (bicyclic) bond motifs is 1. The van der Waals surface area contributed by atoms with Crippen LogP contribution in [0, 0.1) is 23.1 Å². The average Bonchev–Trinajstić information content (AvgIpc) is 3.47. The molecule has 7 heteroatoms. The summed E-state index contributed by atoms with van der Waals surface area (Å²) in [5.41, 5.74) is 1.95. The van der Waals surface area contributed by atoms with E-state index in [0.29, 0.717) is 29.6 Å². The molecule has 1 fully saturated rings. The smallest absolute Gasteiger partial charge is 0.338 e. The van der Waals surface area contributed by atoms with Crippen LogP contribution in [0.3, 0.4) is 0 Å². The Hall–Kier alpha value is -2.98. The minimum absolute atomic E-state index is 0.148. The molecule has 1 aromatic rings. The quantitative estimate of drug-likeness (QED) is 0.751. The molecule has 6 nitrogen and oxygen atoms in total. The van der Waals surface area contributed by atoms with E-state index in [1.54, 1.807) is 12.1 Å². The number of allylic oxidation sites excluding steroid dienone is 2. The Kier molecular flexibility index (Phi) is 4.52. The van der Waals surface area contributed by atoms with Crippen molar-refractivity contribution in [1.29, 1.82) is 5.26 Å². The van der Waals surface area contributed by atoms with Crippen LogP contribution in [-0.4, -0.2) is 41.4 Å². The Balaban J connectivity index is 1.83. The second kappa shape index (κ2) is 6.88. The molecule has 3 aliphatic rings. The highest BCUT2D eigenvalue weighted by molar-refractivity contribution is 6.12. The molecular weight excluding hydrogens is 359 g/mol. The monoisotopic (exact) mass is 380 g/mol. The number of nitrogens with zero attached hydrogens (tertiary/aromatic N) is 4. The van der Waals surface area contributed by atoms with Gasteiger partial charge in [0.2, 0.25) is 0 Å². The van der Waals surface area contributed by atoms with Crippen molar-refractivity contribution in [1.82, 2.24) is 10.0 Å². The number of carbonyl (C=O) groups excluding carboxylic acids is 1. The Morgan fingerprint density at radius 2 is 2.18 bits per heavy atom. The van der Waals surface area contributed by atoms with Crippen LogP contribution < -0.4 is 0 Å². The number of carbonyl (C=O) groups is 1. The summed E-state index contributed by atoms with van der Waals surface area (Å²) in [6.07, 6.45) is 4.11. The number of hydrogen-bond acceptors (Lipinski definition) is 6. The maximum Gasteiger partial charge on any atom is 0.338 e. The van der Waals surface area contributed by atoms with Crippen LogP contribution in [0.1, 0.15) is 37.8 Å². The van der Waals surface area contributed by atoms with Crippen molar-refractivity contribution >= 4 is 11.7 Å². The van der Waals surface area contributed by atoms with Gasteiger partial charge in [0, 0.05) is 11.7 Å². The van der Waals surface area contributed by atoms with Gasteiger partial charge in [-0.15, -0.1) is 0 Å². The summed E-state index contributed by atoms with van der Waals surface area (Å²) in [6.45, 7) is 4.44. The van der Waals surface area contributed by atoms with Crippen molar-refractivity contribution in [2.75, 3.05) is 13.7 Å². The van der Waals surface area contributed by atoms with E-state index in [9.17, 15) is 14.4 Å². The normalized spacial score (nSPS) is 20.3. The molecule has 2 aliphatic heterocycles. The number of aliphatic imine (C=N–C) groups is 1. The van der Waals surface area contributed by atoms with Crippen molar-refractivity contribution in [2.24, 2.45) is 10.9 Å². The molecule has 2 heterocycles. The number of methoxy groups -OCH3 is 1. The number of esters is 1. The average molecular weight is 380 g/mol. The third-order valence-corrected chi connectivity index (χ3v) is 5.55. The fourth-order valence-corrected chi connectivity index (χ4v) is 3.88. The highest BCUT2D eigenvalue weighted by Crippen LogP contribution is 2.41. The second-order valence-corrected chi connectivity index (χ2v) is 7.34. The van der Waals surface area contributed by atoms with Gasteiger partial charge in [-0.05, 0) is 50.8 Å². The number of nitriles is 1. The molecule has 0 radical (unpaired) electrons. The maximum absolute atomic E-state index is 14.5. The van der Waals surface area contributed by atoms with E-state index in [2.05, 4.69) is 16.9 Å². The summed E-state index contributed by atoms with van der Waals surface area (Å²) in [6, 6.07) is 6.63. The van der Waals surface area contributed by atoms with E-state index in [-0.39, 0.29) is 17.2 Å². The van der Waals surface area contributed by atoms with E-state index in [4.69, 9.17) is 4.74 Å². The predicted octanol–water partition coefficient (Wildman–Crippen LogP) is 3.12. The van der Waals surface area contributed by atoms with E-state index in [0.717, 1.165) is 5.70 Å². The van der Waals surface area contributed by atoms with Crippen LogP contribution in [0.25, 0.3) is 0 Å². The van der Waals surface area contributed by atoms with Crippen LogP contribution in [0.4, 0.5) is 4.39 Å². The fraction of sp³-hybridized carbons (Fsp3) is 0.381. The Labute approximate surface area is 163 Å². The van der Waals surface area contributed by atoms with Crippen molar-refractivity contribution in [3.63, 3.8) is 0 Å². The van der Waals surface area contributed by atoms with E-state index in [1.807, 2.05) is 18.0 Å². The molecule has 4 rings (SSSR count). The van der Waals surface area contributed by atoms with Crippen molar-refractivity contribution in [2.45, 2.75) is 32.7 Å². The zero-order chi connectivity index (χ0) is 20.0. The van der Waals surface area contributed by atoms with E-state index < -0.39 is 11.8 Å². The van der Waals surface area contributed by atoms with Gasteiger partial charge in [0.25, 0.3) is 0 Å². The molecule has 0 amide bonds. The second-order valence-electron chi connectivity index (χ2n) is 7.34. The van der Waals surface area contributed by atoms with Gasteiger partial charge in [0.1, 0.15) is 5.82 Å². The standard InChI is InChI=1S/C21H21FN4O2/c1-12-9-18(19-15(10-23)5-4-6-17(19)22)24-20-16(21(27)28-3)11-25(26(12)20)13(2)14-7-8-14/h4-6,9,13-14H,7-8,11H2,1-3H3. The first-order valence-corrected chi connectivity index (χ1v) is 9.30. The lowest BCUT2D eigenvalue weighted by Crippen LogP contribution is -2.44. The van der Waals surface area contributed by atoms with Crippen molar-refractivity contribution in [3.05, 3.63) is 58.3 Å². The maximum atomic E-state index is 14.5. The molecule has 144 valence electrons. The van der Waals surface area contributed by atoms with Crippen LogP contribution in [-0.2, 0) is 9.53 Å². The number of hydrogen-bond donors (Lipinski definition) is 0. The van der Waals surface area contributed by atoms with Crippen molar-refractivity contribution in [3.8, 4) is 6.07 Å². The first-order valence-electron chi connectivity index (χ1n) is 9.30.